The lowest BCUT2D eigenvalue weighted by molar-refractivity contribution is 0.0979. The largest absolute Gasteiger partial charge is 0.491 e. The number of sulfonamides is 1. The molecule has 34 heavy (non-hydrogen) atoms. The molecule has 1 fully saturated rings. The van der Waals surface area contributed by atoms with Gasteiger partial charge in [0.25, 0.3) is 5.91 Å². The molecule has 1 aliphatic heterocycles. The van der Waals surface area contributed by atoms with Crippen molar-refractivity contribution < 1.29 is 17.9 Å². The van der Waals surface area contributed by atoms with Crippen LogP contribution in [0.1, 0.15) is 36.7 Å². The van der Waals surface area contributed by atoms with E-state index in [1.165, 1.54) is 11.6 Å². The number of carbonyl (C=O) groups is 1. The van der Waals surface area contributed by atoms with Gasteiger partial charge < -0.3 is 9.64 Å². The summed E-state index contributed by atoms with van der Waals surface area (Å²) < 4.78 is 33.1. The quantitative estimate of drug-likeness (QED) is 0.504. The molecule has 2 aromatic carbocycles. The summed E-state index contributed by atoms with van der Waals surface area (Å²) in [6, 6.07) is 13.3. The number of nitrogens with zero attached hydrogens (tertiary/aromatic N) is 3. The number of hydrogen-bond donors (Lipinski definition) is 1. The Balaban J connectivity index is 1.48. The molecule has 0 bridgehead atoms. The van der Waals surface area contributed by atoms with Gasteiger partial charge in [-0.25, -0.2) is 18.1 Å². The van der Waals surface area contributed by atoms with Crippen LogP contribution >= 0.6 is 11.3 Å². The summed E-state index contributed by atoms with van der Waals surface area (Å²) in [6.45, 7) is 9.17. The first-order chi connectivity index (χ1) is 16.2. The summed E-state index contributed by atoms with van der Waals surface area (Å²) in [5.41, 5.74) is 2.11. The molecule has 2 heterocycles. The van der Waals surface area contributed by atoms with Crippen LogP contribution in [0.4, 0.5) is 5.13 Å². The molecule has 1 aliphatic rings. The summed E-state index contributed by atoms with van der Waals surface area (Å²) in [7, 11) is -3.65. The second kappa shape index (κ2) is 10.3. The maximum Gasteiger partial charge on any atom is 0.265 e. The van der Waals surface area contributed by atoms with Gasteiger partial charge in [-0.1, -0.05) is 23.5 Å². The van der Waals surface area contributed by atoms with Gasteiger partial charge in [0.1, 0.15) is 5.75 Å². The lowest BCUT2D eigenvalue weighted by atomic mass is 10.1. The standard InChI is InChI=1S/C24H30N4O4S2/c1-4-34(30,31)26-23(29)20-10-9-19(32-17(2)3)15-18(20)16-27-11-13-28(14-12-27)24-25-21-7-5-6-8-22(21)33-24/h5-10,15,17H,4,11-14,16H2,1-3H3,(H,26,29). The number of carbonyl (C=O) groups excluding carboxylic acids is 1. The Morgan fingerprint density at radius 2 is 1.88 bits per heavy atom. The van der Waals surface area contributed by atoms with Crippen LogP contribution in [0.25, 0.3) is 10.2 Å². The molecule has 1 amide bonds. The number of thiazole rings is 1. The van der Waals surface area contributed by atoms with E-state index in [-0.39, 0.29) is 11.9 Å². The Kier molecular flexibility index (Phi) is 7.39. The number of amides is 1. The summed E-state index contributed by atoms with van der Waals surface area (Å²) in [5, 5.41) is 1.03. The number of anilines is 1. The van der Waals surface area contributed by atoms with E-state index in [2.05, 4.69) is 20.6 Å². The van der Waals surface area contributed by atoms with E-state index in [0.717, 1.165) is 42.4 Å². The van der Waals surface area contributed by atoms with Crippen LogP contribution in [0.15, 0.2) is 42.5 Å². The third kappa shape index (κ3) is 5.86. The van der Waals surface area contributed by atoms with E-state index in [1.807, 2.05) is 38.1 Å². The molecule has 3 aromatic rings. The zero-order valence-electron chi connectivity index (χ0n) is 19.7. The minimum absolute atomic E-state index is 0.00894. The van der Waals surface area contributed by atoms with Crippen molar-refractivity contribution in [3.05, 3.63) is 53.6 Å². The monoisotopic (exact) mass is 502 g/mol. The molecular formula is C24H30N4O4S2. The Hall–Kier alpha value is -2.69. The lowest BCUT2D eigenvalue weighted by Crippen LogP contribution is -2.46. The third-order valence-electron chi connectivity index (χ3n) is 5.64. The Bertz CT molecular complexity index is 1230. The average molecular weight is 503 g/mol. The molecule has 0 aliphatic carbocycles. The van der Waals surface area contributed by atoms with Gasteiger partial charge in [0.15, 0.2) is 5.13 Å². The van der Waals surface area contributed by atoms with E-state index in [0.29, 0.717) is 17.9 Å². The van der Waals surface area contributed by atoms with Gasteiger partial charge in [0.2, 0.25) is 10.0 Å². The fraction of sp³-hybridized carbons (Fsp3) is 0.417. The summed E-state index contributed by atoms with van der Waals surface area (Å²) in [4.78, 5) is 22.1. The number of nitrogens with one attached hydrogen (secondary N) is 1. The van der Waals surface area contributed by atoms with Crippen LogP contribution in [0.3, 0.4) is 0 Å². The van der Waals surface area contributed by atoms with E-state index in [1.54, 1.807) is 23.5 Å². The molecule has 1 saturated heterocycles. The first-order valence-corrected chi connectivity index (χ1v) is 13.9. The van der Waals surface area contributed by atoms with Gasteiger partial charge >= 0.3 is 0 Å². The highest BCUT2D eigenvalue weighted by molar-refractivity contribution is 7.90. The second-order valence-electron chi connectivity index (χ2n) is 8.55. The number of hydrogen-bond acceptors (Lipinski definition) is 8. The predicted octanol–water partition coefficient (Wildman–Crippen LogP) is 3.49. The van der Waals surface area contributed by atoms with Gasteiger partial charge in [-0.2, -0.15) is 0 Å². The molecule has 0 atom stereocenters. The third-order valence-corrected chi connectivity index (χ3v) is 7.99. The number of rotatable bonds is 8. The van der Waals surface area contributed by atoms with Gasteiger partial charge in [0.05, 0.1) is 22.1 Å². The molecule has 10 heteroatoms. The highest BCUT2D eigenvalue weighted by atomic mass is 32.2. The van der Waals surface area contributed by atoms with Crippen molar-refractivity contribution in [1.29, 1.82) is 0 Å². The SMILES string of the molecule is CCS(=O)(=O)NC(=O)c1ccc(OC(C)C)cc1CN1CCN(c2nc3ccccc3s2)CC1. The smallest absolute Gasteiger partial charge is 0.265 e. The number of benzene rings is 2. The number of aromatic nitrogens is 1. The van der Waals surface area contributed by atoms with Crippen LogP contribution in [-0.4, -0.2) is 62.2 Å². The lowest BCUT2D eigenvalue weighted by Gasteiger charge is -2.34. The maximum atomic E-state index is 12.8. The van der Waals surface area contributed by atoms with Crippen LogP contribution in [-0.2, 0) is 16.6 Å². The molecular weight excluding hydrogens is 472 g/mol. The highest BCUT2D eigenvalue weighted by Crippen LogP contribution is 2.29. The van der Waals surface area contributed by atoms with Crippen LogP contribution < -0.4 is 14.4 Å². The Morgan fingerprint density at radius 3 is 2.56 bits per heavy atom. The van der Waals surface area contributed by atoms with Gasteiger partial charge in [-0.15, -0.1) is 0 Å². The van der Waals surface area contributed by atoms with Crippen molar-refractivity contribution in [3.63, 3.8) is 0 Å². The van der Waals surface area contributed by atoms with Gasteiger partial charge in [-0.3, -0.25) is 9.69 Å². The first-order valence-electron chi connectivity index (χ1n) is 11.4. The van der Waals surface area contributed by atoms with E-state index < -0.39 is 15.9 Å². The topological polar surface area (TPSA) is 91.8 Å². The molecule has 0 spiro atoms. The number of para-hydroxylation sites is 1. The van der Waals surface area contributed by atoms with Gasteiger partial charge in [-0.05, 0) is 56.7 Å². The zero-order chi connectivity index (χ0) is 24.3. The van der Waals surface area contributed by atoms with Crippen LogP contribution in [0, 0.1) is 0 Å². The van der Waals surface area contributed by atoms with Crippen LogP contribution in [0.5, 0.6) is 5.75 Å². The molecule has 182 valence electrons. The predicted molar refractivity (Wildman–Crippen MR) is 136 cm³/mol. The van der Waals surface area contributed by atoms with Crippen molar-refractivity contribution in [2.45, 2.75) is 33.4 Å². The molecule has 0 unspecified atom stereocenters. The normalized spacial score (nSPS) is 15.1. The Labute approximate surface area is 204 Å². The van der Waals surface area contributed by atoms with E-state index >= 15 is 0 Å². The second-order valence-corrected chi connectivity index (χ2v) is 11.6. The van der Waals surface area contributed by atoms with Crippen molar-refractivity contribution in [2.75, 3.05) is 36.8 Å². The molecule has 0 saturated carbocycles. The molecule has 0 radical (unpaired) electrons. The fourth-order valence-corrected chi connectivity index (χ4v) is 5.42. The number of fused-ring (bicyclic) bond motifs is 1. The van der Waals surface area contributed by atoms with Gasteiger partial charge in [0, 0.05) is 38.3 Å². The molecule has 8 nitrogen and oxygen atoms in total. The molecule has 1 aromatic heterocycles. The van der Waals surface area contributed by atoms with Crippen molar-refractivity contribution in [2.24, 2.45) is 0 Å². The summed E-state index contributed by atoms with van der Waals surface area (Å²) in [6.07, 6.45) is -0.00894. The summed E-state index contributed by atoms with van der Waals surface area (Å²) in [5.74, 6) is -0.106. The number of piperazine rings is 1. The Morgan fingerprint density at radius 1 is 1.15 bits per heavy atom. The highest BCUT2D eigenvalue weighted by Gasteiger charge is 2.23. The maximum absolute atomic E-state index is 12.8. The van der Waals surface area contributed by atoms with Crippen molar-refractivity contribution >= 4 is 42.6 Å². The van der Waals surface area contributed by atoms with Crippen molar-refractivity contribution in [1.82, 2.24) is 14.6 Å². The average Bonchev–Trinajstić information content (AvgIpc) is 3.23. The molecule has 4 rings (SSSR count). The molecule has 1 N–H and O–H groups in total. The zero-order valence-corrected chi connectivity index (χ0v) is 21.3. The fourth-order valence-electron chi connectivity index (χ4n) is 3.87. The van der Waals surface area contributed by atoms with E-state index in [9.17, 15) is 13.2 Å². The minimum atomic E-state index is -3.65. The summed E-state index contributed by atoms with van der Waals surface area (Å²) >= 11 is 1.70. The van der Waals surface area contributed by atoms with E-state index in [4.69, 9.17) is 9.72 Å². The van der Waals surface area contributed by atoms with Crippen molar-refractivity contribution in [3.8, 4) is 5.75 Å². The minimum Gasteiger partial charge on any atom is -0.491 e. The first kappa shape index (κ1) is 24.4. The van der Waals surface area contributed by atoms with Crippen LogP contribution in [0.2, 0.25) is 0 Å². The number of ether oxygens (including phenoxy) is 1.